The second-order valence-electron chi connectivity index (χ2n) is 2.20. The van der Waals surface area contributed by atoms with E-state index in [1.807, 2.05) is 0 Å². The Morgan fingerprint density at radius 2 is 1.69 bits per heavy atom. The van der Waals surface area contributed by atoms with Crippen LogP contribution in [0.3, 0.4) is 0 Å². The fourth-order valence-electron chi connectivity index (χ4n) is 0.779. The van der Waals surface area contributed by atoms with Gasteiger partial charge in [-0.2, -0.15) is 12.8 Å². The van der Waals surface area contributed by atoms with Gasteiger partial charge in [0, 0.05) is 5.56 Å². The highest BCUT2D eigenvalue weighted by Crippen LogP contribution is 2.01. The third-order valence-electron chi connectivity index (χ3n) is 1.36. The summed E-state index contributed by atoms with van der Waals surface area (Å²) in [5.41, 5.74) is 0.0178. The molecule has 3 nitrogen and oxygen atoms in total. The van der Waals surface area contributed by atoms with E-state index in [2.05, 4.69) is 0 Å². The van der Waals surface area contributed by atoms with E-state index in [1.165, 1.54) is 24.3 Å². The van der Waals surface area contributed by atoms with Crippen molar-refractivity contribution in [3.05, 3.63) is 35.9 Å². The van der Waals surface area contributed by atoms with Gasteiger partial charge in [0.15, 0.2) is 0 Å². The first-order valence-electron chi connectivity index (χ1n) is 3.34. The zero-order valence-corrected chi connectivity index (χ0v) is 7.21. The SMILES string of the molecule is O=C(C(F)=S(=O)=O)c1ccccc1. The monoisotopic (exact) mass is 200 g/mol. The quantitative estimate of drug-likeness (QED) is 0.404. The van der Waals surface area contributed by atoms with Crippen LogP contribution in [0.5, 0.6) is 0 Å². The first kappa shape index (κ1) is 9.60. The summed E-state index contributed by atoms with van der Waals surface area (Å²) >= 11 is 0. The van der Waals surface area contributed by atoms with Gasteiger partial charge in [-0.25, -0.2) is 0 Å². The molecule has 0 saturated carbocycles. The largest absolute Gasteiger partial charge is 0.289 e. The molecule has 1 aromatic carbocycles. The molecule has 0 N–H and O–H groups in total. The minimum absolute atomic E-state index is 0.0178. The van der Waals surface area contributed by atoms with E-state index in [4.69, 9.17) is 0 Å². The van der Waals surface area contributed by atoms with Gasteiger partial charge in [0.2, 0.25) is 5.78 Å². The highest BCUT2D eigenvalue weighted by Gasteiger charge is 2.13. The number of hydrogen-bond donors (Lipinski definition) is 0. The topological polar surface area (TPSA) is 51.2 Å². The molecule has 0 unspecified atom stereocenters. The number of hydrogen-bond acceptors (Lipinski definition) is 3. The maximum Gasteiger partial charge on any atom is 0.289 e. The summed E-state index contributed by atoms with van der Waals surface area (Å²) in [5, 5.41) is -1.66. The fourth-order valence-corrected chi connectivity index (χ4v) is 1.05. The van der Waals surface area contributed by atoms with Gasteiger partial charge in [-0.15, -0.1) is 0 Å². The molecule has 0 spiro atoms. The third kappa shape index (κ3) is 2.22. The molecule has 0 bridgehead atoms. The average molecular weight is 200 g/mol. The molecule has 0 atom stereocenters. The predicted molar refractivity (Wildman–Crippen MR) is 45.8 cm³/mol. The van der Waals surface area contributed by atoms with E-state index in [0.29, 0.717) is 0 Å². The maximum atomic E-state index is 12.6. The van der Waals surface area contributed by atoms with Crippen molar-refractivity contribution in [3.63, 3.8) is 0 Å². The molecule has 13 heavy (non-hydrogen) atoms. The standard InChI is InChI=1S/C8H5FO3S/c9-8(13(11)12)7(10)6-4-2-1-3-5-6/h1-5H. The van der Waals surface area contributed by atoms with Crippen molar-refractivity contribution >= 4 is 21.2 Å². The van der Waals surface area contributed by atoms with Crippen LogP contribution in [0.1, 0.15) is 10.4 Å². The first-order chi connectivity index (χ1) is 6.13. The Bertz CT molecular complexity index is 440. The Balaban J connectivity index is 3.15. The van der Waals surface area contributed by atoms with Gasteiger partial charge in [-0.1, -0.05) is 30.3 Å². The number of rotatable bonds is 2. The minimum atomic E-state index is -3.09. The smallest absolute Gasteiger partial charge is 0.285 e. The molecular weight excluding hydrogens is 195 g/mol. The average Bonchev–Trinajstić information content (AvgIpc) is 2.17. The lowest BCUT2D eigenvalue weighted by Gasteiger charge is -1.92. The van der Waals surface area contributed by atoms with Gasteiger partial charge in [-0.05, 0) is 0 Å². The summed E-state index contributed by atoms with van der Waals surface area (Å²) < 4.78 is 32.7. The Labute approximate surface area is 75.3 Å². The van der Waals surface area contributed by atoms with E-state index in [-0.39, 0.29) is 5.56 Å². The van der Waals surface area contributed by atoms with E-state index < -0.39 is 21.2 Å². The summed E-state index contributed by atoms with van der Waals surface area (Å²) in [5.74, 6) is -1.12. The van der Waals surface area contributed by atoms with Crippen molar-refractivity contribution in [1.82, 2.24) is 0 Å². The number of carbonyl (C=O) groups excluding carboxylic acids is 1. The lowest BCUT2D eigenvalue weighted by atomic mass is 10.1. The van der Waals surface area contributed by atoms with Crippen LogP contribution in [0.25, 0.3) is 0 Å². The Kier molecular flexibility index (Phi) is 2.92. The van der Waals surface area contributed by atoms with Crippen LogP contribution in [0.2, 0.25) is 0 Å². The van der Waals surface area contributed by atoms with Gasteiger partial charge in [-0.3, -0.25) is 4.79 Å². The zero-order chi connectivity index (χ0) is 9.84. The zero-order valence-electron chi connectivity index (χ0n) is 6.40. The van der Waals surface area contributed by atoms with Gasteiger partial charge in [0.05, 0.1) is 0 Å². The lowest BCUT2D eigenvalue weighted by Crippen LogP contribution is -2.09. The van der Waals surface area contributed by atoms with E-state index in [1.54, 1.807) is 6.07 Å². The highest BCUT2D eigenvalue weighted by molar-refractivity contribution is 7.74. The number of halogens is 1. The molecule has 0 radical (unpaired) electrons. The molecule has 0 saturated heterocycles. The molecule has 1 rings (SSSR count). The molecular formula is C8H5FO3S. The van der Waals surface area contributed by atoms with Gasteiger partial charge >= 0.3 is 0 Å². The molecule has 0 aliphatic rings. The van der Waals surface area contributed by atoms with Crippen molar-refractivity contribution < 1.29 is 17.6 Å². The van der Waals surface area contributed by atoms with Gasteiger partial charge < -0.3 is 0 Å². The molecule has 0 amide bonds. The number of benzene rings is 1. The highest BCUT2D eigenvalue weighted by atomic mass is 32.2. The van der Waals surface area contributed by atoms with Crippen LogP contribution in [0, 0.1) is 0 Å². The molecule has 1 aromatic rings. The van der Waals surface area contributed by atoms with Crippen molar-refractivity contribution in [2.45, 2.75) is 0 Å². The summed E-state index contributed by atoms with van der Waals surface area (Å²) in [7, 11) is -3.09. The van der Waals surface area contributed by atoms with Crippen molar-refractivity contribution in [1.29, 1.82) is 0 Å². The molecule has 0 heterocycles. The summed E-state index contributed by atoms with van der Waals surface area (Å²) in [6.07, 6.45) is 0. The Morgan fingerprint density at radius 1 is 1.15 bits per heavy atom. The first-order valence-corrected chi connectivity index (χ1v) is 4.42. The van der Waals surface area contributed by atoms with Gasteiger partial charge in [0.1, 0.15) is 0 Å². The normalized spacial score (nSPS) is 9.31. The number of Topliss-reactive ketones (excluding diaryl/α,β-unsaturated/α-hetero) is 1. The molecule has 0 fully saturated rings. The van der Waals surface area contributed by atoms with Crippen molar-refractivity contribution in [2.24, 2.45) is 0 Å². The summed E-state index contributed by atoms with van der Waals surface area (Å²) in [6, 6.07) is 7.37. The van der Waals surface area contributed by atoms with Crippen molar-refractivity contribution in [3.8, 4) is 0 Å². The van der Waals surface area contributed by atoms with Crippen LogP contribution in [0.15, 0.2) is 30.3 Å². The Morgan fingerprint density at radius 3 is 2.15 bits per heavy atom. The number of carbonyl (C=O) groups is 1. The number of ketones is 1. The predicted octanol–water partition coefficient (Wildman–Crippen LogP) is 0.848. The molecule has 0 aliphatic carbocycles. The molecule has 68 valence electrons. The summed E-state index contributed by atoms with van der Waals surface area (Å²) in [4.78, 5) is 11.0. The molecule has 0 aromatic heterocycles. The van der Waals surface area contributed by atoms with Gasteiger partial charge in [0.25, 0.3) is 15.4 Å². The minimum Gasteiger partial charge on any atom is -0.285 e. The van der Waals surface area contributed by atoms with Crippen LogP contribution in [-0.2, 0) is 10.3 Å². The van der Waals surface area contributed by atoms with E-state index in [0.717, 1.165) is 0 Å². The molecule has 5 heteroatoms. The Hall–Kier alpha value is -1.49. The second-order valence-corrected chi connectivity index (χ2v) is 3.03. The van der Waals surface area contributed by atoms with E-state index in [9.17, 15) is 17.6 Å². The summed E-state index contributed by atoms with van der Waals surface area (Å²) in [6.45, 7) is 0. The van der Waals surface area contributed by atoms with Crippen LogP contribution >= 0.6 is 0 Å². The molecule has 0 aliphatic heterocycles. The van der Waals surface area contributed by atoms with Crippen LogP contribution in [-0.4, -0.2) is 19.3 Å². The second kappa shape index (κ2) is 3.95. The maximum absolute atomic E-state index is 12.6. The van der Waals surface area contributed by atoms with Crippen molar-refractivity contribution in [2.75, 3.05) is 0 Å². The lowest BCUT2D eigenvalue weighted by molar-refractivity contribution is 0.105. The third-order valence-corrected chi connectivity index (χ3v) is 1.84. The van der Waals surface area contributed by atoms with E-state index >= 15 is 0 Å². The fraction of sp³-hybridized carbons (Fsp3) is 0. The van der Waals surface area contributed by atoms with Crippen LogP contribution < -0.4 is 0 Å². The van der Waals surface area contributed by atoms with Crippen LogP contribution in [0.4, 0.5) is 4.39 Å².